The fourth-order valence-corrected chi connectivity index (χ4v) is 4.23. The minimum absolute atomic E-state index is 0.0686. The van der Waals surface area contributed by atoms with Crippen molar-refractivity contribution in [3.05, 3.63) is 47.8 Å². The molecule has 5 rings (SSSR count). The van der Waals surface area contributed by atoms with Gasteiger partial charge in [-0.05, 0) is 11.6 Å². The first-order chi connectivity index (χ1) is 17.0. The number of rotatable bonds is 8. The second kappa shape index (κ2) is 9.89. The number of aromatic nitrogens is 7. The highest BCUT2D eigenvalue weighted by Gasteiger charge is 2.44. The lowest BCUT2D eigenvalue weighted by Gasteiger charge is -2.17. The molecule has 5 atom stereocenters. The molecule has 5 N–H and O–H groups in total. The number of ether oxygens (including phenoxy) is 1. The molecule has 35 heavy (non-hydrogen) atoms. The Morgan fingerprint density at radius 2 is 2.00 bits per heavy atom. The first-order valence-electron chi connectivity index (χ1n) is 10.7. The molecule has 0 amide bonds. The highest BCUT2D eigenvalue weighted by Crippen LogP contribution is 2.33. The lowest BCUT2D eigenvalue weighted by atomic mass is 10.1. The van der Waals surface area contributed by atoms with Gasteiger partial charge in [0, 0.05) is 17.4 Å². The molecule has 1 saturated heterocycles. The van der Waals surface area contributed by atoms with E-state index in [1.54, 1.807) is 0 Å². The fourth-order valence-electron chi connectivity index (χ4n) is 3.91. The van der Waals surface area contributed by atoms with E-state index in [0.29, 0.717) is 29.4 Å². The van der Waals surface area contributed by atoms with Crippen molar-refractivity contribution in [2.75, 3.05) is 11.9 Å². The van der Waals surface area contributed by atoms with E-state index in [-0.39, 0.29) is 10.9 Å². The third-order valence-corrected chi connectivity index (χ3v) is 6.15. The Bertz CT molecular complexity index is 1340. The summed E-state index contributed by atoms with van der Waals surface area (Å²) in [5.41, 5.74) is 1.54. The van der Waals surface area contributed by atoms with Crippen LogP contribution in [-0.4, -0.2) is 86.3 Å². The molecule has 3 aromatic heterocycles. The molecular weight excluding hydrogens is 496 g/mol. The van der Waals surface area contributed by atoms with Crippen LogP contribution < -0.4 is 5.32 Å². The van der Waals surface area contributed by atoms with E-state index >= 15 is 0 Å². The molecule has 0 unspecified atom stereocenters. The molecule has 1 fully saturated rings. The van der Waals surface area contributed by atoms with E-state index in [1.807, 2.05) is 30.3 Å². The summed E-state index contributed by atoms with van der Waals surface area (Å²) in [6.07, 6.45) is -2.76. The number of nitrogens with zero attached hydrogens (tertiary/aromatic N) is 6. The molecule has 0 aliphatic carbocycles. The second-order valence-electron chi connectivity index (χ2n) is 7.95. The molecule has 4 heterocycles. The molecule has 14 heteroatoms. The number of thiocarbonyl (C=S) groups is 1. The smallest absolute Gasteiger partial charge is 0.226 e. The van der Waals surface area contributed by atoms with Gasteiger partial charge < -0.3 is 25.4 Å². The minimum atomic E-state index is -1.30. The van der Waals surface area contributed by atoms with E-state index in [4.69, 9.17) is 28.6 Å². The molecular formula is C21H21ClN8O4S. The van der Waals surface area contributed by atoms with Crippen molar-refractivity contribution in [1.29, 1.82) is 0 Å². The number of hydrogen-bond acceptors (Lipinski definition) is 11. The van der Waals surface area contributed by atoms with Gasteiger partial charge in [0.1, 0.15) is 18.3 Å². The Labute approximate surface area is 209 Å². The molecule has 182 valence electrons. The van der Waals surface area contributed by atoms with E-state index in [1.165, 1.54) is 16.3 Å². The van der Waals surface area contributed by atoms with Crippen molar-refractivity contribution in [2.24, 2.45) is 0 Å². The monoisotopic (exact) mass is 516 g/mol. The van der Waals surface area contributed by atoms with Crippen LogP contribution in [0.5, 0.6) is 0 Å². The molecule has 4 aromatic rings. The quantitative estimate of drug-likeness (QED) is 0.167. The first kappa shape index (κ1) is 23.7. The maximum atomic E-state index is 10.4. The Balaban J connectivity index is 1.39. The average Bonchev–Trinajstić information content (AvgIpc) is 3.57. The number of imidazole rings is 1. The van der Waals surface area contributed by atoms with Crippen LogP contribution in [0.15, 0.2) is 36.7 Å². The van der Waals surface area contributed by atoms with Crippen LogP contribution >= 0.6 is 23.8 Å². The summed E-state index contributed by atoms with van der Waals surface area (Å²) in [5, 5.41) is 41.8. The van der Waals surface area contributed by atoms with Gasteiger partial charge in [0.2, 0.25) is 5.28 Å². The largest absolute Gasteiger partial charge is 0.394 e. The SMILES string of the molecule is OC[C@H]1O[C@@H](n2cnc3c(N[C@@H](C=S)Cc4n[nH]c(-c5ccccc5)n4)nc(Cl)nc32)[C@H](O)[C@@H]1O. The molecule has 0 bridgehead atoms. The molecule has 0 saturated carbocycles. The molecule has 1 aliphatic heterocycles. The second-order valence-corrected chi connectivity index (χ2v) is 8.56. The van der Waals surface area contributed by atoms with E-state index < -0.39 is 37.2 Å². The lowest BCUT2D eigenvalue weighted by molar-refractivity contribution is -0.0511. The number of halogens is 1. The summed E-state index contributed by atoms with van der Waals surface area (Å²) in [5.74, 6) is 1.51. The molecule has 0 radical (unpaired) electrons. The number of H-pyrrole nitrogens is 1. The standard InChI is InChI=1S/C21H21ClN8O4S/c22-21-26-18(14-19(27-21)30(9-23-14)20-16(33)15(32)12(7-31)34-20)24-11(8-35)6-13-25-17(29-28-13)10-4-2-1-3-5-10/h1-5,8-9,11-12,15-16,20,31-33H,6-7H2,(H,24,26,27)(H,25,28,29)/t11-,12-,15-,16-,20-/m1/s1. The Hall–Kier alpha value is -3.07. The van der Waals surface area contributed by atoms with Crippen molar-refractivity contribution in [3.8, 4) is 11.4 Å². The van der Waals surface area contributed by atoms with E-state index in [0.717, 1.165) is 5.56 Å². The zero-order valence-corrected chi connectivity index (χ0v) is 19.6. The van der Waals surface area contributed by atoms with Gasteiger partial charge >= 0.3 is 0 Å². The van der Waals surface area contributed by atoms with Gasteiger partial charge in [0.15, 0.2) is 34.9 Å². The summed E-state index contributed by atoms with van der Waals surface area (Å²) < 4.78 is 7.03. The van der Waals surface area contributed by atoms with Crippen molar-refractivity contribution in [3.63, 3.8) is 0 Å². The van der Waals surface area contributed by atoms with Gasteiger partial charge in [0.25, 0.3) is 0 Å². The summed E-state index contributed by atoms with van der Waals surface area (Å²) in [6.45, 7) is -0.451. The topological polar surface area (TPSA) is 167 Å². The lowest BCUT2D eigenvalue weighted by Crippen LogP contribution is -2.33. The van der Waals surface area contributed by atoms with Gasteiger partial charge in [-0.2, -0.15) is 15.1 Å². The number of aliphatic hydroxyl groups excluding tert-OH is 3. The fraction of sp³-hybridized carbons (Fsp3) is 0.333. The van der Waals surface area contributed by atoms with Crippen molar-refractivity contribution in [2.45, 2.75) is 37.0 Å². The molecule has 1 aliphatic rings. The Morgan fingerprint density at radius 1 is 1.20 bits per heavy atom. The van der Waals surface area contributed by atoms with Gasteiger partial charge in [0.05, 0.1) is 19.0 Å². The van der Waals surface area contributed by atoms with Crippen molar-refractivity contribution < 1.29 is 20.1 Å². The molecule has 1 aromatic carbocycles. The number of aliphatic hydroxyl groups is 3. The number of hydrogen-bond donors (Lipinski definition) is 5. The van der Waals surface area contributed by atoms with Crippen molar-refractivity contribution in [1.82, 2.24) is 34.7 Å². The van der Waals surface area contributed by atoms with Gasteiger partial charge in [-0.15, -0.1) is 0 Å². The summed E-state index contributed by atoms with van der Waals surface area (Å²) in [4.78, 5) is 17.4. The van der Waals surface area contributed by atoms with Crippen LogP contribution in [0.25, 0.3) is 22.6 Å². The highest BCUT2D eigenvalue weighted by molar-refractivity contribution is 7.79. The van der Waals surface area contributed by atoms with Crippen LogP contribution in [0.1, 0.15) is 12.1 Å². The van der Waals surface area contributed by atoms with Crippen LogP contribution in [0, 0.1) is 0 Å². The number of fused-ring (bicyclic) bond motifs is 1. The average molecular weight is 517 g/mol. The maximum absolute atomic E-state index is 10.4. The van der Waals surface area contributed by atoms with Gasteiger partial charge in [-0.1, -0.05) is 42.5 Å². The van der Waals surface area contributed by atoms with Crippen LogP contribution in [0.4, 0.5) is 5.82 Å². The maximum Gasteiger partial charge on any atom is 0.226 e. The van der Waals surface area contributed by atoms with Gasteiger partial charge in [-0.3, -0.25) is 9.67 Å². The normalized spacial score (nSPS) is 23.0. The number of anilines is 1. The van der Waals surface area contributed by atoms with Crippen molar-refractivity contribution >= 4 is 46.2 Å². The highest BCUT2D eigenvalue weighted by atomic mass is 35.5. The van der Waals surface area contributed by atoms with E-state index in [2.05, 4.69) is 35.5 Å². The third kappa shape index (κ3) is 4.61. The predicted octanol–water partition coefficient (Wildman–Crippen LogP) is 0.899. The molecule has 12 nitrogen and oxygen atoms in total. The predicted molar refractivity (Wildman–Crippen MR) is 130 cm³/mol. The summed E-state index contributed by atoms with van der Waals surface area (Å²) >= 11 is 11.4. The first-order valence-corrected chi connectivity index (χ1v) is 11.5. The number of nitrogens with one attached hydrogen (secondary N) is 2. The van der Waals surface area contributed by atoms with Crippen LogP contribution in [0.3, 0.4) is 0 Å². The van der Waals surface area contributed by atoms with E-state index in [9.17, 15) is 15.3 Å². The third-order valence-electron chi connectivity index (χ3n) is 5.65. The Morgan fingerprint density at radius 3 is 2.71 bits per heavy atom. The summed E-state index contributed by atoms with van der Waals surface area (Å²) in [6, 6.07) is 9.24. The number of aromatic amines is 1. The zero-order chi connectivity index (χ0) is 24.5. The minimum Gasteiger partial charge on any atom is -0.394 e. The zero-order valence-electron chi connectivity index (χ0n) is 18.1. The van der Waals surface area contributed by atoms with Crippen LogP contribution in [0.2, 0.25) is 5.28 Å². The molecule has 0 spiro atoms. The summed E-state index contributed by atoms with van der Waals surface area (Å²) in [7, 11) is 0. The van der Waals surface area contributed by atoms with Gasteiger partial charge in [-0.25, -0.2) is 9.97 Å². The van der Waals surface area contributed by atoms with Crippen LogP contribution in [-0.2, 0) is 11.2 Å². The number of benzene rings is 1. The Kier molecular flexibility index (Phi) is 6.69.